The zero-order valence-corrected chi connectivity index (χ0v) is 8.51. The molecule has 0 aliphatic rings. The van der Waals surface area contributed by atoms with E-state index < -0.39 is 17.3 Å². The van der Waals surface area contributed by atoms with Crippen LogP contribution < -0.4 is 0 Å². The molecule has 14 heavy (non-hydrogen) atoms. The van der Waals surface area contributed by atoms with Crippen molar-refractivity contribution in [3.05, 3.63) is 29.1 Å². The zero-order valence-electron chi connectivity index (χ0n) is 6.92. The van der Waals surface area contributed by atoms with Crippen molar-refractivity contribution < 1.29 is 14.3 Å². The average molecular weight is 258 g/mol. The van der Waals surface area contributed by atoms with Crippen molar-refractivity contribution in [3.63, 3.8) is 0 Å². The van der Waals surface area contributed by atoms with Crippen LogP contribution in [0.4, 0.5) is 4.39 Å². The highest BCUT2D eigenvalue weighted by molar-refractivity contribution is 9.09. The van der Waals surface area contributed by atoms with Gasteiger partial charge >= 0.3 is 0 Å². The largest absolute Gasteiger partial charge is 0.505 e. The number of phenols is 1. The van der Waals surface area contributed by atoms with Crippen LogP contribution in [0.5, 0.6) is 5.75 Å². The standard InChI is InChI=1S/C9H5BrFNO2/c10-3-8(14)6-1-5(4-12)2-7(13)9(6)11/h1-2,13H,3H2. The number of carbonyl (C=O) groups excluding carboxylic acids is 1. The molecule has 0 aromatic heterocycles. The molecular weight excluding hydrogens is 253 g/mol. The Hall–Kier alpha value is -1.41. The van der Waals surface area contributed by atoms with Gasteiger partial charge in [-0.05, 0) is 6.07 Å². The fraction of sp³-hybridized carbons (Fsp3) is 0.111. The summed E-state index contributed by atoms with van der Waals surface area (Å²) in [6.07, 6.45) is 0. The minimum atomic E-state index is -0.992. The molecule has 1 aromatic rings. The van der Waals surface area contributed by atoms with Crippen molar-refractivity contribution in [2.75, 3.05) is 5.33 Å². The molecule has 5 heteroatoms. The number of nitrogens with zero attached hydrogens (tertiary/aromatic N) is 1. The summed E-state index contributed by atoms with van der Waals surface area (Å²) in [5.74, 6) is -2.20. The first-order valence-corrected chi connectivity index (χ1v) is 4.74. The molecule has 0 radical (unpaired) electrons. The van der Waals surface area contributed by atoms with E-state index in [0.717, 1.165) is 12.1 Å². The molecule has 0 bridgehead atoms. The Kier molecular flexibility index (Phi) is 3.20. The van der Waals surface area contributed by atoms with Gasteiger partial charge in [-0.1, -0.05) is 15.9 Å². The van der Waals surface area contributed by atoms with Crippen LogP contribution in [0.1, 0.15) is 15.9 Å². The lowest BCUT2D eigenvalue weighted by molar-refractivity contribution is 0.101. The molecule has 0 fully saturated rings. The number of rotatable bonds is 2. The van der Waals surface area contributed by atoms with Gasteiger partial charge in [0.2, 0.25) is 0 Å². The van der Waals surface area contributed by atoms with Crippen LogP contribution >= 0.6 is 15.9 Å². The van der Waals surface area contributed by atoms with Crippen LogP contribution in [-0.4, -0.2) is 16.2 Å². The number of ketones is 1. The first-order valence-electron chi connectivity index (χ1n) is 3.62. The lowest BCUT2D eigenvalue weighted by atomic mass is 10.1. The summed E-state index contributed by atoms with van der Waals surface area (Å²) < 4.78 is 13.2. The quantitative estimate of drug-likeness (QED) is 0.651. The second-order valence-electron chi connectivity index (χ2n) is 2.53. The summed E-state index contributed by atoms with van der Waals surface area (Å²) >= 11 is 2.88. The van der Waals surface area contributed by atoms with Gasteiger partial charge in [0, 0.05) is 6.07 Å². The highest BCUT2D eigenvalue weighted by Gasteiger charge is 2.15. The predicted octanol–water partition coefficient (Wildman–Crippen LogP) is 1.98. The molecule has 0 atom stereocenters. The van der Waals surface area contributed by atoms with Gasteiger partial charge in [-0.3, -0.25) is 4.79 Å². The van der Waals surface area contributed by atoms with E-state index in [0.29, 0.717) is 0 Å². The Bertz CT molecular complexity index is 426. The molecule has 0 saturated heterocycles. The van der Waals surface area contributed by atoms with Gasteiger partial charge in [0.15, 0.2) is 17.3 Å². The Morgan fingerprint density at radius 3 is 2.79 bits per heavy atom. The van der Waals surface area contributed by atoms with Gasteiger partial charge < -0.3 is 5.11 Å². The number of aromatic hydroxyl groups is 1. The Labute approximate surface area is 87.9 Å². The average Bonchev–Trinajstić information content (AvgIpc) is 2.20. The summed E-state index contributed by atoms with van der Waals surface area (Å²) in [5, 5.41) is 17.5. The molecule has 0 unspecified atom stereocenters. The molecular formula is C9H5BrFNO2. The molecule has 1 N–H and O–H groups in total. The van der Waals surface area contributed by atoms with Crippen LogP contribution in [0, 0.1) is 17.1 Å². The number of hydrogen-bond donors (Lipinski definition) is 1. The van der Waals surface area contributed by atoms with E-state index in [9.17, 15) is 9.18 Å². The van der Waals surface area contributed by atoms with Crippen molar-refractivity contribution in [2.24, 2.45) is 0 Å². The number of benzene rings is 1. The molecule has 3 nitrogen and oxygen atoms in total. The van der Waals surface area contributed by atoms with Crippen molar-refractivity contribution in [3.8, 4) is 11.8 Å². The topological polar surface area (TPSA) is 61.1 Å². The van der Waals surface area contributed by atoms with E-state index >= 15 is 0 Å². The number of carbonyl (C=O) groups is 1. The molecule has 0 spiro atoms. The van der Waals surface area contributed by atoms with E-state index in [2.05, 4.69) is 15.9 Å². The lowest BCUT2D eigenvalue weighted by Gasteiger charge is -2.02. The summed E-state index contributed by atoms with van der Waals surface area (Å²) in [6, 6.07) is 3.80. The summed E-state index contributed by atoms with van der Waals surface area (Å²) in [6.45, 7) is 0. The van der Waals surface area contributed by atoms with E-state index in [-0.39, 0.29) is 16.5 Å². The van der Waals surface area contributed by atoms with Crippen molar-refractivity contribution in [1.82, 2.24) is 0 Å². The number of nitriles is 1. The normalized spacial score (nSPS) is 9.50. The molecule has 0 aliphatic heterocycles. The molecule has 72 valence electrons. The van der Waals surface area contributed by atoms with Crippen molar-refractivity contribution in [2.45, 2.75) is 0 Å². The lowest BCUT2D eigenvalue weighted by Crippen LogP contribution is -2.04. The predicted molar refractivity (Wildman–Crippen MR) is 50.9 cm³/mol. The SMILES string of the molecule is N#Cc1cc(O)c(F)c(C(=O)CBr)c1. The summed E-state index contributed by atoms with van der Waals surface area (Å²) in [5.41, 5.74) is -0.230. The third kappa shape index (κ3) is 1.91. The van der Waals surface area contributed by atoms with Crippen LogP contribution in [0.15, 0.2) is 12.1 Å². The van der Waals surface area contributed by atoms with Crippen molar-refractivity contribution >= 4 is 21.7 Å². The van der Waals surface area contributed by atoms with Gasteiger partial charge in [-0.15, -0.1) is 0 Å². The minimum absolute atomic E-state index is 0.0493. The van der Waals surface area contributed by atoms with Gasteiger partial charge in [0.25, 0.3) is 0 Å². The maximum absolute atomic E-state index is 13.2. The molecule has 0 heterocycles. The Morgan fingerprint density at radius 1 is 1.64 bits per heavy atom. The van der Waals surface area contributed by atoms with Gasteiger partial charge in [-0.25, -0.2) is 4.39 Å². The van der Waals surface area contributed by atoms with Crippen LogP contribution in [0.2, 0.25) is 0 Å². The number of alkyl halides is 1. The molecule has 0 saturated carbocycles. The van der Waals surface area contributed by atoms with E-state index in [1.165, 1.54) is 0 Å². The zero-order chi connectivity index (χ0) is 10.7. The number of Topliss-reactive ketones (excluding diaryl/α,β-unsaturated/α-hetero) is 1. The smallest absolute Gasteiger partial charge is 0.176 e. The van der Waals surface area contributed by atoms with E-state index in [1.807, 2.05) is 0 Å². The summed E-state index contributed by atoms with van der Waals surface area (Å²) in [7, 11) is 0. The van der Waals surface area contributed by atoms with Gasteiger partial charge in [0.05, 0.1) is 22.5 Å². The minimum Gasteiger partial charge on any atom is -0.505 e. The van der Waals surface area contributed by atoms with Gasteiger partial charge in [-0.2, -0.15) is 5.26 Å². The maximum Gasteiger partial charge on any atom is 0.176 e. The van der Waals surface area contributed by atoms with Crippen LogP contribution in [0.25, 0.3) is 0 Å². The Morgan fingerprint density at radius 2 is 2.29 bits per heavy atom. The molecule has 1 rings (SSSR count). The Balaban J connectivity index is 3.36. The third-order valence-corrected chi connectivity index (χ3v) is 2.11. The fourth-order valence-electron chi connectivity index (χ4n) is 0.949. The monoisotopic (exact) mass is 257 g/mol. The molecule has 1 aromatic carbocycles. The first kappa shape index (κ1) is 10.7. The van der Waals surface area contributed by atoms with Gasteiger partial charge in [0.1, 0.15) is 0 Å². The molecule has 0 amide bonds. The second-order valence-corrected chi connectivity index (χ2v) is 3.09. The highest BCUT2D eigenvalue weighted by atomic mass is 79.9. The fourth-order valence-corrected chi connectivity index (χ4v) is 1.25. The first-order chi connectivity index (χ1) is 6.60. The van der Waals surface area contributed by atoms with Crippen molar-refractivity contribution in [1.29, 1.82) is 5.26 Å². The second kappa shape index (κ2) is 4.20. The summed E-state index contributed by atoms with van der Waals surface area (Å²) in [4.78, 5) is 11.1. The van der Waals surface area contributed by atoms with E-state index in [4.69, 9.17) is 10.4 Å². The number of hydrogen-bond acceptors (Lipinski definition) is 3. The third-order valence-electron chi connectivity index (χ3n) is 1.60. The van der Waals surface area contributed by atoms with Crippen LogP contribution in [0.3, 0.4) is 0 Å². The van der Waals surface area contributed by atoms with E-state index in [1.54, 1.807) is 6.07 Å². The number of halogens is 2. The highest BCUT2D eigenvalue weighted by Crippen LogP contribution is 2.22. The maximum atomic E-state index is 13.2. The van der Waals surface area contributed by atoms with Crippen LogP contribution in [-0.2, 0) is 0 Å². The number of phenolic OH excluding ortho intramolecular Hbond substituents is 1. The molecule has 0 aliphatic carbocycles.